The Morgan fingerprint density at radius 1 is 0.855 bits per heavy atom. The molecule has 0 radical (unpaired) electrons. The van der Waals surface area contributed by atoms with Crippen molar-refractivity contribution in [3.8, 4) is 0 Å². The van der Waals surface area contributed by atoms with E-state index in [0.717, 1.165) is 5.71 Å². The number of rotatable bonds is 19. The fourth-order valence-corrected chi connectivity index (χ4v) is 8.78. The predicted molar refractivity (Wildman–Crippen MR) is 227 cm³/mol. The molecule has 0 saturated heterocycles. The number of Topliss-reactive ketones (excluding diaryl/α,β-unsaturated/α-hetero) is 1. The molecule has 2 heterocycles. The van der Waals surface area contributed by atoms with Gasteiger partial charge in [0, 0.05) is 82.9 Å². The van der Waals surface area contributed by atoms with Crippen LogP contribution in [0.4, 0.5) is 11.4 Å². The van der Waals surface area contributed by atoms with Gasteiger partial charge in [0.25, 0.3) is 26.1 Å². The van der Waals surface area contributed by atoms with Crippen LogP contribution in [0, 0.1) is 0 Å². The average Bonchev–Trinajstić information content (AvgIpc) is 3.47. The van der Waals surface area contributed by atoms with E-state index < -0.39 is 87.5 Å². The van der Waals surface area contributed by atoms with E-state index in [1.54, 1.807) is 53.5 Å². The third-order valence-corrected chi connectivity index (χ3v) is 12.4. The number of fused-ring (bicyclic) bond motifs is 2. The SMILES string of the molecule is CCCC(=O)c1cc(C(=O)NCCS(=O)(=O)O)c2c(c1)N(CCCS(=O)(=O)[O-])C(=CC=CC=CC1=[N+](CCCS(=O)(=O)O)c3ccc(C(=O)O)cc3C1(C)C)C2(C)C.O=S(=O)=O. The van der Waals surface area contributed by atoms with Crippen molar-refractivity contribution >= 4 is 75.7 Å². The lowest BCUT2D eigenvalue weighted by Gasteiger charge is -2.27. The van der Waals surface area contributed by atoms with Crippen molar-refractivity contribution in [2.24, 2.45) is 0 Å². The summed E-state index contributed by atoms with van der Waals surface area (Å²) in [4.78, 5) is 40.4. The highest BCUT2D eigenvalue weighted by Crippen LogP contribution is 2.50. The fourth-order valence-electron chi connectivity index (χ4n) is 7.44. The van der Waals surface area contributed by atoms with Crippen molar-refractivity contribution < 1.29 is 75.6 Å². The number of hydrogen-bond acceptors (Lipinski definition) is 14. The standard InChI is InChI=1S/C39H49N3O13S3.O3S/c1-6-12-32(43)27-23-28(36(44)40-17-22-58(53,54)55)35-31(25-27)42(19-11-21-57(50,51)52)34(39(35,4)5)14-9-7-8-13-33-38(2,3)29-24-26(37(45)46)15-16-30(29)41(33)18-10-20-56(47,48)49;1-4(2)3/h7-9,13-16,23-25H,6,10-12,17-22H2,1-5H3,(H4-,40,44,45,46,47,48,49,50,51,52,53,54,55);. The molecule has 23 heteroatoms. The zero-order chi connectivity index (χ0) is 47.0. The lowest BCUT2D eigenvalue weighted by atomic mass is 9.80. The van der Waals surface area contributed by atoms with Gasteiger partial charge >= 0.3 is 16.6 Å². The van der Waals surface area contributed by atoms with E-state index in [1.807, 2.05) is 39.2 Å². The average molecular weight is 944 g/mol. The molecule has 0 aliphatic carbocycles. The highest BCUT2D eigenvalue weighted by atomic mass is 32.2. The van der Waals surface area contributed by atoms with E-state index in [-0.39, 0.29) is 54.8 Å². The minimum Gasteiger partial charge on any atom is -0.748 e. The second kappa shape index (κ2) is 20.5. The topological polar surface area (TPSA) is 307 Å². The van der Waals surface area contributed by atoms with Gasteiger partial charge in [0.1, 0.15) is 6.54 Å². The Hall–Kier alpha value is -4.91. The number of carboxylic acids is 1. The molecule has 340 valence electrons. The minimum atomic E-state index is -4.58. The van der Waals surface area contributed by atoms with E-state index in [9.17, 15) is 58.4 Å². The van der Waals surface area contributed by atoms with Gasteiger partial charge in [0.15, 0.2) is 11.5 Å². The number of carbonyl (C=O) groups excluding carboxylic acids is 2. The monoisotopic (exact) mass is 943 g/mol. The van der Waals surface area contributed by atoms with Crippen LogP contribution < -0.4 is 10.2 Å². The Kier molecular flexibility index (Phi) is 17.0. The summed E-state index contributed by atoms with van der Waals surface area (Å²) < 4.78 is 126. The number of aromatic carboxylic acids is 1. The molecule has 4 N–H and O–H groups in total. The van der Waals surface area contributed by atoms with E-state index in [2.05, 4.69) is 5.32 Å². The highest BCUT2D eigenvalue weighted by molar-refractivity contribution is 7.86. The molecule has 2 aromatic carbocycles. The minimum absolute atomic E-state index is 0.0177. The molecule has 0 aromatic heterocycles. The molecule has 2 aromatic rings. The van der Waals surface area contributed by atoms with E-state index in [4.69, 9.17) is 12.6 Å². The van der Waals surface area contributed by atoms with Gasteiger partial charge in [-0.15, -0.1) is 12.6 Å². The Balaban J connectivity index is 0.00000245. The van der Waals surface area contributed by atoms with Gasteiger partial charge in [0.05, 0.1) is 32.6 Å². The molecule has 2 aliphatic heterocycles. The second-order valence-corrected chi connectivity index (χ2v) is 20.4. The Labute approximate surface area is 362 Å². The number of amides is 1. The summed E-state index contributed by atoms with van der Waals surface area (Å²) >= 11 is 0. The molecule has 62 heavy (non-hydrogen) atoms. The Morgan fingerprint density at radius 3 is 2.05 bits per heavy atom. The van der Waals surface area contributed by atoms with Crippen LogP contribution in [-0.4, -0.2) is 121 Å². The molecule has 2 aliphatic rings. The smallest absolute Gasteiger partial charge is 0.425 e. The summed E-state index contributed by atoms with van der Waals surface area (Å²) in [6.45, 7) is 9.06. The van der Waals surface area contributed by atoms with Crippen LogP contribution in [0.1, 0.15) is 103 Å². The van der Waals surface area contributed by atoms with Crippen molar-refractivity contribution in [2.45, 2.75) is 71.1 Å². The molecule has 0 fully saturated rings. The summed E-state index contributed by atoms with van der Waals surface area (Å²) in [5.41, 5.74) is 2.25. The lowest BCUT2D eigenvalue weighted by molar-refractivity contribution is -0.437. The molecular formula is C39H49N3O16S4. The molecule has 4 rings (SSSR count). The van der Waals surface area contributed by atoms with Gasteiger partial charge in [0.2, 0.25) is 5.69 Å². The summed E-state index contributed by atoms with van der Waals surface area (Å²) in [7, 11) is -16.3. The molecule has 0 atom stereocenters. The van der Waals surface area contributed by atoms with Crippen LogP contribution in [0.5, 0.6) is 0 Å². The van der Waals surface area contributed by atoms with Crippen molar-refractivity contribution in [1.29, 1.82) is 0 Å². The van der Waals surface area contributed by atoms with Crippen LogP contribution in [0.25, 0.3) is 0 Å². The zero-order valence-corrected chi connectivity index (χ0v) is 37.8. The summed E-state index contributed by atoms with van der Waals surface area (Å²) in [5, 5.41) is 12.1. The number of ketones is 1. The third kappa shape index (κ3) is 13.8. The highest BCUT2D eigenvalue weighted by Gasteiger charge is 2.45. The van der Waals surface area contributed by atoms with Crippen LogP contribution in [-0.2, 0) is 51.8 Å². The normalized spacial score (nSPS) is 16.3. The van der Waals surface area contributed by atoms with Gasteiger partial charge < -0.3 is 19.9 Å². The first kappa shape index (κ1) is 51.4. The number of nitrogens with one attached hydrogen (secondary N) is 1. The summed E-state index contributed by atoms with van der Waals surface area (Å²) in [5.74, 6) is -3.96. The quantitative estimate of drug-likeness (QED) is 0.0679. The van der Waals surface area contributed by atoms with Gasteiger partial charge in [-0.1, -0.05) is 39.0 Å². The van der Waals surface area contributed by atoms with E-state index >= 15 is 0 Å². The maximum absolute atomic E-state index is 13.7. The number of nitrogens with zero attached hydrogens (tertiary/aromatic N) is 2. The Morgan fingerprint density at radius 2 is 1.48 bits per heavy atom. The first-order valence-electron chi connectivity index (χ1n) is 19.0. The lowest BCUT2D eigenvalue weighted by Crippen LogP contribution is -2.31. The number of hydrogen-bond donors (Lipinski definition) is 4. The molecule has 0 bridgehead atoms. The van der Waals surface area contributed by atoms with Crippen LogP contribution in [0.15, 0.2) is 66.4 Å². The molecule has 0 unspecified atom stereocenters. The second-order valence-electron chi connectivity index (χ2n) is 15.4. The zero-order valence-electron chi connectivity index (χ0n) is 34.5. The van der Waals surface area contributed by atoms with Crippen LogP contribution in [0.2, 0.25) is 0 Å². The van der Waals surface area contributed by atoms with Gasteiger partial charge in [-0.3, -0.25) is 18.7 Å². The maximum Gasteiger partial charge on any atom is 0.425 e. The van der Waals surface area contributed by atoms with E-state index in [1.165, 1.54) is 12.1 Å². The number of benzene rings is 2. The van der Waals surface area contributed by atoms with Crippen LogP contribution in [0.3, 0.4) is 0 Å². The molecular weight excluding hydrogens is 895 g/mol. The Bertz CT molecular complexity index is 2680. The summed E-state index contributed by atoms with van der Waals surface area (Å²) in [6, 6.07) is 7.74. The molecule has 0 spiro atoms. The van der Waals surface area contributed by atoms with Crippen molar-refractivity contribution in [3.05, 3.63) is 94.2 Å². The van der Waals surface area contributed by atoms with Gasteiger partial charge in [-0.05, 0) is 57.0 Å². The molecule has 0 saturated carbocycles. The number of carbonyl (C=O) groups is 3. The molecule has 1 amide bonds. The number of carboxylic acid groups (broad SMARTS) is 1. The van der Waals surface area contributed by atoms with Gasteiger partial charge in [-0.2, -0.15) is 21.4 Å². The van der Waals surface area contributed by atoms with Crippen molar-refractivity contribution in [3.63, 3.8) is 0 Å². The van der Waals surface area contributed by atoms with Crippen molar-refractivity contribution in [2.75, 3.05) is 41.8 Å². The first-order valence-corrected chi connectivity index (χ1v) is 24.8. The third-order valence-electron chi connectivity index (χ3n) is 10.1. The fraction of sp³-hybridized carbons (Fsp3) is 0.436. The number of allylic oxidation sites excluding steroid dienone is 6. The summed E-state index contributed by atoms with van der Waals surface area (Å²) in [6.07, 6.45) is 9.35. The number of anilines is 1. The maximum atomic E-state index is 13.7. The van der Waals surface area contributed by atoms with Crippen LogP contribution >= 0.6 is 0 Å². The largest absolute Gasteiger partial charge is 0.748 e. The predicted octanol–water partition coefficient (Wildman–Crippen LogP) is 3.36. The first-order chi connectivity index (χ1) is 28.5. The van der Waals surface area contributed by atoms with Crippen molar-refractivity contribution in [1.82, 2.24) is 5.32 Å². The van der Waals surface area contributed by atoms with E-state index in [0.29, 0.717) is 34.6 Å². The molecule has 19 nitrogen and oxygen atoms in total. The van der Waals surface area contributed by atoms with Gasteiger partial charge in [-0.25, -0.2) is 13.2 Å².